The fourth-order valence-corrected chi connectivity index (χ4v) is 2.98. The third-order valence-corrected chi connectivity index (χ3v) is 4.17. The average Bonchev–Trinajstić information content (AvgIpc) is 2.92. The molecule has 1 aliphatic heterocycles. The number of amides is 1. The number of aromatic nitrogens is 2. The Morgan fingerprint density at radius 3 is 2.71 bits per heavy atom. The summed E-state index contributed by atoms with van der Waals surface area (Å²) >= 11 is 0. The Labute approximate surface area is 136 Å². The van der Waals surface area contributed by atoms with Crippen molar-refractivity contribution >= 4 is 11.6 Å². The van der Waals surface area contributed by atoms with E-state index >= 15 is 0 Å². The number of aliphatic hydroxyl groups is 1. The van der Waals surface area contributed by atoms with E-state index in [2.05, 4.69) is 5.10 Å². The Morgan fingerprint density at radius 2 is 2.08 bits per heavy atom. The molecule has 128 valence electrons. The number of fused-ring (bicyclic) bond motifs is 1. The number of hydrogen-bond donors (Lipinski definition) is 1. The summed E-state index contributed by atoms with van der Waals surface area (Å²) in [7, 11) is 0. The van der Waals surface area contributed by atoms with Gasteiger partial charge >= 0.3 is 6.18 Å². The lowest BCUT2D eigenvalue weighted by Crippen LogP contribution is -2.43. The van der Waals surface area contributed by atoms with E-state index in [9.17, 15) is 23.1 Å². The van der Waals surface area contributed by atoms with Gasteiger partial charge in [0.2, 0.25) is 0 Å². The quantitative estimate of drug-likeness (QED) is 0.915. The largest absolute Gasteiger partial charge is 0.416 e. The summed E-state index contributed by atoms with van der Waals surface area (Å²) in [6.45, 7) is 3.19. The molecule has 1 aliphatic rings. The van der Waals surface area contributed by atoms with Crippen LogP contribution in [-0.2, 0) is 12.8 Å². The smallest absolute Gasteiger partial charge is 0.392 e. The lowest BCUT2D eigenvalue weighted by Gasteiger charge is -2.32. The van der Waals surface area contributed by atoms with Gasteiger partial charge < -0.3 is 10.0 Å². The average molecular weight is 339 g/mol. The van der Waals surface area contributed by atoms with Gasteiger partial charge in [0.25, 0.3) is 5.91 Å². The normalized spacial score (nSPS) is 18.0. The second-order valence-electron chi connectivity index (χ2n) is 5.88. The number of alkyl halides is 3. The summed E-state index contributed by atoms with van der Waals surface area (Å²) in [5, 5.41) is 13.5. The van der Waals surface area contributed by atoms with Crippen molar-refractivity contribution < 1.29 is 23.1 Å². The van der Waals surface area contributed by atoms with Gasteiger partial charge in [-0.3, -0.25) is 9.48 Å². The summed E-state index contributed by atoms with van der Waals surface area (Å²) < 4.78 is 40.5. The summed E-state index contributed by atoms with van der Waals surface area (Å²) in [6, 6.07) is 3.27. The lowest BCUT2D eigenvalue weighted by molar-refractivity contribution is -0.138. The number of rotatable bonds is 2. The fourth-order valence-electron chi connectivity index (χ4n) is 2.98. The molecule has 3 rings (SSSR count). The maximum atomic E-state index is 13.0. The van der Waals surface area contributed by atoms with Crippen molar-refractivity contribution in [3.63, 3.8) is 0 Å². The molecule has 0 fully saturated rings. The van der Waals surface area contributed by atoms with E-state index in [1.165, 1.54) is 17.0 Å². The molecule has 2 aromatic rings. The van der Waals surface area contributed by atoms with Crippen LogP contribution in [0.2, 0.25) is 0 Å². The molecule has 1 unspecified atom stereocenters. The van der Waals surface area contributed by atoms with E-state index in [0.29, 0.717) is 23.5 Å². The Balaban J connectivity index is 2.04. The molecule has 1 atom stereocenters. The van der Waals surface area contributed by atoms with E-state index in [4.69, 9.17) is 0 Å². The first-order chi connectivity index (χ1) is 11.2. The monoisotopic (exact) mass is 339 g/mol. The van der Waals surface area contributed by atoms with Gasteiger partial charge in [-0.1, -0.05) is 0 Å². The molecular formula is C16H16F3N3O2. The van der Waals surface area contributed by atoms with Crippen molar-refractivity contribution in [3.8, 4) is 0 Å². The number of nitrogens with zero attached hydrogens (tertiary/aromatic N) is 3. The van der Waals surface area contributed by atoms with Crippen LogP contribution in [0.3, 0.4) is 0 Å². The number of hydrogen-bond acceptors (Lipinski definition) is 3. The number of carbonyl (C=O) groups is 1. The van der Waals surface area contributed by atoms with Gasteiger partial charge in [0, 0.05) is 17.8 Å². The standard InChI is InChI=1S/C16H16F3N3O2/c1-9-6-20-22-10(2)7-21(15(24)14(9)22)12-3-4-13(16(17,18)19)11(5-12)8-23/h3-6,10,23H,7-8H2,1-2H3. The Morgan fingerprint density at radius 1 is 1.38 bits per heavy atom. The molecule has 0 saturated carbocycles. The van der Waals surface area contributed by atoms with Crippen LogP contribution in [0.1, 0.15) is 40.1 Å². The molecule has 8 heteroatoms. The van der Waals surface area contributed by atoms with Crippen LogP contribution in [0, 0.1) is 6.92 Å². The van der Waals surface area contributed by atoms with Crippen molar-refractivity contribution in [1.82, 2.24) is 9.78 Å². The molecule has 0 bridgehead atoms. The molecule has 0 radical (unpaired) electrons. The lowest BCUT2D eigenvalue weighted by atomic mass is 10.0. The molecular weight excluding hydrogens is 323 g/mol. The van der Waals surface area contributed by atoms with Crippen LogP contribution < -0.4 is 4.90 Å². The third-order valence-electron chi connectivity index (χ3n) is 4.17. The number of carbonyl (C=O) groups excluding carboxylic acids is 1. The fraction of sp³-hybridized carbons (Fsp3) is 0.375. The Bertz CT molecular complexity index is 798. The summed E-state index contributed by atoms with van der Waals surface area (Å²) in [6.07, 6.45) is -2.95. The molecule has 1 N–H and O–H groups in total. The van der Waals surface area contributed by atoms with Crippen LogP contribution >= 0.6 is 0 Å². The molecule has 0 spiro atoms. The Hall–Kier alpha value is -2.35. The van der Waals surface area contributed by atoms with Crippen LogP contribution in [-0.4, -0.2) is 27.3 Å². The van der Waals surface area contributed by atoms with Gasteiger partial charge in [-0.25, -0.2) is 0 Å². The Kier molecular flexibility index (Phi) is 3.87. The highest BCUT2D eigenvalue weighted by Crippen LogP contribution is 2.35. The van der Waals surface area contributed by atoms with E-state index in [-0.39, 0.29) is 17.5 Å². The van der Waals surface area contributed by atoms with Gasteiger partial charge in [0.15, 0.2) is 0 Å². The number of benzene rings is 1. The molecule has 1 aromatic heterocycles. The highest BCUT2D eigenvalue weighted by atomic mass is 19.4. The van der Waals surface area contributed by atoms with E-state index in [1.54, 1.807) is 17.8 Å². The minimum atomic E-state index is -4.55. The van der Waals surface area contributed by atoms with E-state index in [1.807, 2.05) is 6.92 Å². The maximum absolute atomic E-state index is 13.0. The van der Waals surface area contributed by atoms with Gasteiger partial charge in [-0.15, -0.1) is 0 Å². The van der Waals surface area contributed by atoms with Crippen molar-refractivity contribution in [1.29, 1.82) is 0 Å². The predicted octanol–water partition coefficient (Wildman–Crippen LogP) is 2.92. The summed E-state index contributed by atoms with van der Waals surface area (Å²) in [4.78, 5) is 14.1. The zero-order valence-electron chi connectivity index (χ0n) is 13.1. The number of aryl methyl sites for hydroxylation is 1. The highest BCUT2D eigenvalue weighted by Gasteiger charge is 2.35. The molecule has 2 heterocycles. The molecule has 0 saturated heterocycles. The molecule has 1 amide bonds. The van der Waals surface area contributed by atoms with Crippen molar-refractivity contribution in [2.24, 2.45) is 0 Å². The minimum Gasteiger partial charge on any atom is -0.392 e. The maximum Gasteiger partial charge on any atom is 0.416 e. The zero-order chi connectivity index (χ0) is 17.6. The molecule has 1 aromatic carbocycles. The van der Waals surface area contributed by atoms with Crippen molar-refractivity contribution in [2.75, 3.05) is 11.4 Å². The van der Waals surface area contributed by atoms with Gasteiger partial charge in [0.05, 0.1) is 24.4 Å². The van der Waals surface area contributed by atoms with Crippen LogP contribution in [0.15, 0.2) is 24.4 Å². The predicted molar refractivity (Wildman–Crippen MR) is 80.7 cm³/mol. The van der Waals surface area contributed by atoms with Crippen LogP contribution in [0.5, 0.6) is 0 Å². The van der Waals surface area contributed by atoms with Crippen LogP contribution in [0.25, 0.3) is 0 Å². The SMILES string of the molecule is Cc1cnn2c1C(=O)N(c1ccc(C(F)(F)F)c(CO)c1)CC2C. The van der Waals surface area contributed by atoms with E-state index < -0.39 is 18.3 Å². The molecule has 24 heavy (non-hydrogen) atoms. The first kappa shape index (κ1) is 16.5. The highest BCUT2D eigenvalue weighted by molar-refractivity contribution is 6.06. The van der Waals surface area contributed by atoms with Crippen molar-refractivity contribution in [2.45, 2.75) is 32.7 Å². The summed E-state index contributed by atoms with van der Waals surface area (Å²) in [5.41, 5.74) is 0.324. The summed E-state index contributed by atoms with van der Waals surface area (Å²) in [5.74, 6) is -0.313. The number of aliphatic hydroxyl groups excluding tert-OH is 1. The zero-order valence-corrected chi connectivity index (χ0v) is 13.1. The van der Waals surface area contributed by atoms with Crippen molar-refractivity contribution in [3.05, 3.63) is 46.8 Å². The molecule has 5 nitrogen and oxygen atoms in total. The minimum absolute atomic E-state index is 0.105. The first-order valence-electron chi connectivity index (χ1n) is 7.41. The number of anilines is 1. The molecule has 0 aliphatic carbocycles. The second-order valence-corrected chi connectivity index (χ2v) is 5.88. The van der Waals surface area contributed by atoms with Gasteiger partial charge in [0.1, 0.15) is 5.69 Å². The first-order valence-corrected chi connectivity index (χ1v) is 7.41. The van der Waals surface area contributed by atoms with Crippen LogP contribution in [0.4, 0.5) is 18.9 Å². The van der Waals surface area contributed by atoms with Gasteiger partial charge in [-0.2, -0.15) is 18.3 Å². The number of halogens is 3. The van der Waals surface area contributed by atoms with Gasteiger partial charge in [-0.05, 0) is 37.6 Å². The third kappa shape index (κ3) is 2.56. The topological polar surface area (TPSA) is 58.4 Å². The second kappa shape index (κ2) is 5.62. The van der Waals surface area contributed by atoms with E-state index in [0.717, 1.165) is 6.07 Å².